The molecule has 1 aromatic rings. The largest absolute Gasteiger partial charge is 0.493 e. The van der Waals surface area contributed by atoms with Gasteiger partial charge in [-0.1, -0.05) is 13.0 Å². The predicted octanol–water partition coefficient (Wildman–Crippen LogP) is 3.00. The molecule has 4 nitrogen and oxygen atoms in total. The molecule has 0 atom stereocenters. The van der Waals surface area contributed by atoms with Crippen LogP contribution in [0.4, 0.5) is 0 Å². The topological polar surface area (TPSA) is 52.6 Å². The number of hydrogen-bond acceptors (Lipinski definition) is 4. The van der Waals surface area contributed by atoms with E-state index in [1.54, 1.807) is 6.07 Å². The summed E-state index contributed by atoms with van der Waals surface area (Å²) in [5.74, 6) is -0.246. The number of benzene rings is 1. The smallest absolute Gasteiger partial charge is 0.330 e. The van der Waals surface area contributed by atoms with Crippen LogP contribution in [0.15, 0.2) is 24.3 Å². The zero-order valence-electron chi connectivity index (χ0n) is 12.4. The molecule has 0 bridgehead atoms. The summed E-state index contributed by atoms with van der Waals surface area (Å²) in [5, 5.41) is 0. The van der Waals surface area contributed by atoms with Gasteiger partial charge in [0.1, 0.15) is 5.75 Å². The second kappa shape index (κ2) is 7.48. The van der Waals surface area contributed by atoms with Crippen molar-refractivity contribution >= 4 is 11.8 Å². The van der Waals surface area contributed by atoms with Crippen LogP contribution >= 0.6 is 0 Å². The van der Waals surface area contributed by atoms with E-state index in [1.165, 1.54) is 13.2 Å². The monoisotopic (exact) mass is 276 g/mol. The fourth-order valence-electron chi connectivity index (χ4n) is 1.83. The van der Waals surface area contributed by atoms with Crippen molar-refractivity contribution in [2.75, 3.05) is 13.7 Å². The average molecular weight is 276 g/mol. The molecule has 1 rings (SSSR count). The van der Waals surface area contributed by atoms with Crippen molar-refractivity contribution in [1.82, 2.24) is 0 Å². The summed E-state index contributed by atoms with van der Waals surface area (Å²) < 4.78 is 10.1. The van der Waals surface area contributed by atoms with E-state index in [-0.39, 0.29) is 5.78 Å². The molecule has 0 aliphatic carbocycles. The number of allylic oxidation sites excluding steroid dienone is 1. The van der Waals surface area contributed by atoms with E-state index in [0.29, 0.717) is 17.9 Å². The van der Waals surface area contributed by atoms with Gasteiger partial charge in [-0.2, -0.15) is 0 Å². The number of carbonyl (C=O) groups excluding carboxylic acids is 2. The fourth-order valence-corrected chi connectivity index (χ4v) is 1.83. The molecule has 0 aliphatic rings. The Morgan fingerprint density at radius 3 is 2.50 bits per heavy atom. The van der Waals surface area contributed by atoms with Gasteiger partial charge in [-0.3, -0.25) is 4.79 Å². The third kappa shape index (κ3) is 4.23. The minimum Gasteiger partial charge on any atom is -0.493 e. The van der Waals surface area contributed by atoms with E-state index in [1.807, 2.05) is 26.8 Å². The zero-order valence-corrected chi connectivity index (χ0v) is 12.4. The summed E-state index contributed by atoms with van der Waals surface area (Å²) in [4.78, 5) is 23.2. The first-order valence-corrected chi connectivity index (χ1v) is 6.54. The highest BCUT2D eigenvalue weighted by atomic mass is 16.5. The summed E-state index contributed by atoms with van der Waals surface area (Å²) in [5.41, 5.74) is 2.35. The molecule has 0 saturated heterocycles. The van der Waals surface area contributed by atoms with Gasteiger partial charge in [-0.15, -0.1) is 0 Å². The van der Waals surface area contributed by atoms with E-state index in [0.717, 1.165) is 23.6 Å². The van der Waals surface area contributed by atoms with Crippen LogP contribution in [0.3, 0.4) is 0 Å². The average Bonchev–Trinajstić information content (AvgIpc) is 2.42. The van der Waals surface area contributed by atoms with Crippen LogP contribution in [0.1, 0.15) is 34.8 Å². The Kier molecular flexibility index (Phi) is 5.97. The molecule has 0 fully saturated rings. The van der Waals surface area contributed by atoms with Crippen LogP contribution in [0, 0.1) is 13.8 Å². The minimum absolute atomic E-state index is 0.270. The Balaban J connectivity index is 3.11. The number of ketones is 1. The van der Waals surface area contributed by atoms with Gasteiger partial charge in [0.2, 0.25) is 0 Å². The quantitative estimate of drug-likeness (QED) is 0.455. The highest BCUT2D eigenvalue weighted by Crippen LogP contribution is 2.26. The van der Waals surface area contributed by atoms with Crippen molar-refractivity contribution in [2.45, 2.75) is 27.2 Å². The number of rotatable bonds is 6. The lowest BCUT2D eigenvalue weighted by Gasteiger charge is -2.13. The highest BCUT2D eigenvalue weighted by Gasteiger charge is 2.14. The predicted molar refractivity (Wildman–Crippen MR) is 77.2 cm³/mol. The van der Waals surface area contributed by atoms with Crippen LogP contribution in [0.25, 0.3) is 0 Å². The molecule has 0 N–H and O–H groups in total. The van der Waals surface area contributed by atoms with Crippen LogP contribution in [-0.2, 0) is 9.53 Å². The molecule has 0 aromatic heterocycles. The van der Waals surface area contributed by atoms with Crippen molar-refractivity contribution in [2.24, 2.45) is 0 Å². The molecule has 20 heavy (non-hydrogen) atoms. The fraction of sp³-hybridized carbons (Fsp3) is 0.375. The molecule has 0 radical (unpaired) electrons. The van der Waals surface area contributed by atoms with Crippen molar-refractivity contribution in [3.05, 3.63) is 41.0 Å². The maximum atomic E-state index is 12.2. The second-order valence-electron chi connectivity index (χ2n) is 4.53. The van der Waals surface area contributed by atoms with E-state index in [9.17, 15) is 9.59 Å². The van der Waals surface area contributed by atoms with Crippen LogP contribution in [-0.4, -0.2) is 25.5 Å². The third-order valence-corrected chi connectivity index (χ3v) is 2.71. The number of ether oxygens (including phenoxy) is 2. The lowest BCUT2D eigenvalue weighted by molar-refractivity contribution is -0.134. The number of carbonyl (C=O) groups is 2. The molecule has 0 heterocycles. The number of methoxy groups -OCH3 is 1. The van der Waals surface area contributed by atoms with Gasteiger partial charge < -0.3 is 9.47 Å². The highest BCUT2D eigenvalue weighted by molar-refractivity contribution is 6.09. The van der Waals surface area contributed by atoms with Crippen LogP contribution in [0.2, 0.25) is 0 Å². The zero-order chi connectivity index (χ0) is 15.1. The van der Waals surface area contributed by atoms with Crippen molar-refractivity contribution in [3.63, 3.8) is 0 Å². The standard InChI is InChI=1S/C16H20O4/c1-5-8-20-16-12(3)9-11(2)10-13(16)14(17)6-7-15(18)19-4/h6-7,9-10H,5,8H2,1-4H3/b7-6+. The van der Waals surface area contributed by atoms with Crippen LogP contribution in [0.5, 0.6) is 5.75 Å². The second-order valence-corrected chi connectivity index (χ2v) is 4.53. The van der Waals surface area contributed by atoms with Crippen molar-refractivity contribution in [3.8, 4) is 5.75 Å². The molecule has 0 amide bonds. The van der Waals surface area contributed by atoms with Gasteiger partial charge >= 0.3 is 5.97 Å². The first-order chi connectivity index (χ1) is 9.49. The summed E-state index contributed by atoms with van der Waals surface area (Å²) >= 11 is 0. The summed E-state index contributed by atoms with van der Waals surface area (Å²) in [7, 11) is 1.27. The van der Waals surface area contributed by atoms with Crippen molar-refractivity contribution in [1.29, 1.82) is 0 Å². The Morgan fingerprint density at radius 2 is 1.90 bits per heavy atom. The van der Waals surface area contributed by atoms with Gasteiger partial charge in [0.15, 0.2) is 5.78 Å². The molecule has 0 saturated carbocycles. The Morgan fingerprint density at radius 1 is 1.20 bits per heavy atom. The maximum absolute atomic E-state index is 12.2. The molecular weight excluding hydrogens is 256 g/mol. The third-order valence-electron chi connectivity index (χ3n) is 2.71. The Bertz CT molecular complexity index is 530. The molecule has 0 unspecified atom stereocenters. The molecule has 0 spiro atoms. The molecule has 4 heteroatoms. The van der Waals surface area contributed by atoms with E-state index in [4.69, 9.17) is 4.74 Å². The number of aryl methyl sites for hydroxylation is 2. The molecular formula is C16H20O4. The van der Waals surface area contributed by atoms with E-state index >= 15 is 0 Å². The first kappa shape index (κ1) is 16.0. The summed E-state index contributed by atoms with van der Waals surface area (Å²) in [6, 6.07) is 3.73. The van der Waals surface area contributed by atoms with Crippen LogP contribution < -0.4 is 4.74 Å². The van der Waals surface area contributed by atoms with E-state index in [2.05, 4.69) is 4.74 Å². The first-order valence-electron chi connectivity index (χ1n) is 6.54. The van der Waals surface area contributed by atoms with Gasteiger partial charge in [-0.05, 0) is 43.5 Å². The Labute approximate surface area is 119 Å². The van der Waals surface area contributed by atoms with Gasteiger partial charge in [0.05, 0.1) is 19.3 Å². The van der Waals surface area contributed by atoms with Gasteiger partial charge in [-0.25, -0.2) is 4.79 Å². The van der Waals surface area contributed by atoms with E-state index < -0.39 is 5.97 Å². The number of hydrogen-bond donors (Lipinski definition) is 0. The summed E-state index contributed by atoms with van der Waals surface area (Å²) in [6.45, 7) is 6.36. The SMILES string of the molecule is CCCOc1c(C)cc(C)cc1C(=O)/C=C/C(=O)OC. The number of esters is 1. The molecule has 0 aliphatic heterocycles. The molecule has 1 aromatic carbocycles. The Hall–Kier alpha value is -2.10. The van der Waals surface area contributed by atoms with Gasteiger partial charge in [0.25, 0.3) is 0 Å². The molecule has 108 valence electrons. The maximum Gasteiger partial charge on any atom is 0.330 e. The van der Waals surface area contributed by atoms with Crippen molar-refractivity contribution < 1.29 is 19.1 Å². The minimum atomic E-state index is -0.557. The summed E-state index contributed by atoms with van der Waals surface area (Å²) in [6.07, 6.45) is 3.18. The lowest BCUT2D eigenvalue weighted by atomic mass is 10.0. The lowest BCUT2D eigenvalue weighted by Crippen LogP contribution is -2.06. The normalized spacial score (nSPS) is 10.6. The van der Waals surface area contributed by atoms with Gasteiger partial charge in [0, 0.05) is 6.08 Å².